The first-order chi connectivity index (χ1) is 5.16. The minimum absolute atomic E-state index is 0.114. The molecule has 0 aromatic rings. The molecule has 0 atom stereocenters. The van der Waals surface area contributed by atoms with E-state index in [0.717, 1.165) is 0 Å². The van der Waals surface area contributed by atoms with Crippen molar-refractivity contribution in [2.24, 2.45) is 5.73 Å². The molecule has 5 heteroatoms. The number of carbonyl (C=O) groups is 2. The van der Waals surface area contributed by atoms with Crippen LogP contribution in [-0.2, 0) is 14.3 Å². The summed E-state index contributed by atoms with van der Waals surface area (Å²) >= 11 is 0. The first-order valence-electron chi connectivity index (χ1n) is 3.29. The molecule has 0 aliphatic rings. The number of nitrogens with one attached hydrogen (secondary N) is 1. The van der Waals surface area contributed by atoms with Crippen molar-refractivity contribution in [2.45, 2.75) is 6.92 Å². The van der Waals surface area contributed by atoms with Crippen LogP contribution in [0.5, 0.6) is 0 Å². The molecule has 0 spiro atoms. The van der Waals surface area contributed by atoms with Crippen LogP contribution in [0.4, 0.5) is 0 Å². The highest BCUT2D eigenvalue weighted by molar-refractivity contribution is 5.78. The zero-order valence-corrected chi connectivity index (χ0v) is 6.42. The van der Waals surface area contributed by atoms with E-state index in [2.05, 4.69) is 10.1 Å². The Hall–Kier alpha value is -1.10. The Bertz CT molecular complexity index is 147. The van der Waals surface area contributed by atoms with Gasteiger partial charge in [-0.05, 0) is 6.92 Å². The fraction of sp³-hybridized carbons (Fsp3) is 0.667. The second-order valence-corrected chi connectivity index (χ2v) is 1.91. The van der Waals surface area contributed by atoms with Crippen LogP contribution in [0, 0.1) is 0 Å². The molecule has 5 nitrogen and oxygen atoms in total. The summed E-state index contributed by atoms with van der Waals surface area (Å²) in [7, 11) is 0. The van der Waals surface area contributed by atoms with Crippen molar-refractivity contribution < 1.29 is 14.3 Å². The van der Waals surface area contributed by atoms with Gasteiger partial charge >= 0.3 is 0 Å². The average molecular weight is 160 g/mol. The van der Waals surface area contributed by atoms with Crippen LogP contribution >= 0.6 is 0 Å². The van der Waals surface area contributed by atoms with Gasteiger partial charge in [0.15, 0.2) is 0 Å². The molecule has 0 saturated heterocycles. The maximum Gasteiger partial charge on any atom is 0.246 e. The van der Waals surface area contributed by atoms with Gasteiger partial charge in [-0.3, -0.25) is 9.59 Å². The number of likely N-dealkylation sites (N-methyl/N-ethyl adjacent to an activating group) is 1. The molecular formula is C6H12N2O3. The number of rotatable bonds is 5. The van der Waals surface area contributed by atoms with Crippen molar-refractivity contribution >= 4 is 11.8 Å². The summed E-state index contributed by atoms with van der Waals surface area (Å²) in [5.74, 6) is -0.817. The molecule has 11 heavy (non-hydrogen) atoms. The number of hydrogen-bond donors (Lipinski definition) is 2. The number of primary amides is 1. The summed E-state index contributed by atoms with van der Waals surface area (Å²) < 4.78 is 4.62. The van der Waals surface area contributed by atoms with Gasteiger partial charge in [-0.2, -0.15) is 0 Å². The SMILES string of the molecule is CCNC(=O)COCC(N)=O. The predicted molar refractivity (Wildman–Crippen MR) is 38.7 cm³/mol. The van der Waals surface area contributed by atoms with Gasteiger partial charge in [-0.15, -0.1) is 0 Å². The summed E-state index contributed by atoms with van der Waals surface area (Å²) in [6, 6.07) is 0. The van der Waals surface area contributed by atoms with Crippen LogP contribution in [0.2, 0.25) is 0 Å². The monoisotopic (exact) mass is 160 g/mol. The van der Waals surface area contributed by atoms with Crippen LogP contribution in [0.25, 0.3) is 0 Å². The van der Waals surface area contributed by atoms with E-state index in [0.29, 0.717) is 6.54 Å². The Morgan fingerprint density at radius 3 is 2.55 bits per heavy atom. The van der Waals surface area contributed by atoms with E-state index in [1.807, 2.05) is 0 Å². The predicted octanol–water partition coefficient (Wildman–Crippen LogP) is -1.38. The zero-order chi connectivity index (χ0) is 8.69. The molecule has 0 heterocycles. The molecule has 64 valence electrons. The maximum absolute atomic E-state index is 10.6. The van der Waals surface area contributed by atoms with Gasteiger partial charge in [0, 0.05) is 6.54 Å². The molecular weight excluding hydrogens is 148 g/mol. The van der Waals surface area contributed by atoms with E-state index < -0.39 is 5.91 Å². The van der Waals surface area contributed by atoms with Gasteiger partial charge in [0.1, 0.15) is 13.2 Å². The number of nitrogens with two attached hydrogens (primary N) is 1. The lowest BCUT2D eigenvalue weighted by Crippen LogP contribution is -2.29. The standard InChI is InChI=1S/C6H12N2O3/c1-2-8-6(10)4-11-3-5(7)9/h2-4H2,1H3,(H2,7,9)(H,8,10). The first-order valence-corrected chi connectivity index (χ1v) is 3.29. The highest BCUT2D eigenvalue weighted by Gasteiger charge is 1.99. The van der Waals surface area contributed by atoms with Crippen LogP contribution in [0.15, 0.2) is 0 Å². The second kappa shape index (κ2) is 5.67. The fourth-order valence-corrected chi connectivity index (χ4v) is 0.493. The van der Waals surface area contributed by atoms with Crippen LogP contribution < -0.4 is 11.1 Å². The molecule has 0 bridgehead atoms. The Morgan fingerprint density at radius 2 is 2.09 bits per heavy atom. The van der Waals surface area contributed by atoms with Crippen LogP contribution in [-0.4, -0.2) is 31.6 Å². The Labute approximate surface area is 64.9 Å². The Kier molecular flexibility index (Phi) is 5.10. The van der Waals surface area contributed by atoms with Crippen molar-refractivity contribution in [3.63, 3.8) is 0 Å². The molecule has 0 aromatic carbocycles. The minimum atomic E-state index is -0.575. The van der Waals surface area contributed by atoms with Gasteiger partial charge in [-0.25, -0.2) is 0 Å². The summed E-state index contributed by atoms with van der Waals surface area (Å²) in [5.41, 5.74) is 4.76. The number of hydrogen-bond acceptors (Lipinski definition) is 3. The van der Waals surface area contributed by atoms with Gasteiger partial charge in [-0.1, -0.05) is 0 Å². The van der Waals surface area contributed by atoms with Gasteiger partial charge in [0.25, 0.3) is 0 Å². The summed E-state index contributed by atoms with van der Waals surface area (Å²) in [5, 5.41) is 2.50. The third-order valence-electron chi connectivity index (χ3n) is 0.851. The van der Waals surface area contributed by atoms with E-state index in [1.54, 1.807) is 6.92 Å². The smallest absolute Gasteiger partial charge is 0.246 e. The molecule has 0 fully saturated rings. The van der Waals surface area contributed by atoms with E-state index in [1.165, 1.54) is 0 Å². The minimum Gasteiger partial charge on any atom is -0.368 e. The third-order valence-corrected chi connectivity index (χ3v) is 0.851. The molecule has 0 unspecified atom stereocenters. The highest BCUT2D eigenvalue weighted by Crippen LogP contribution is 1.73. The van der Waals surface area contributed by atoms with Gasteiger partial charge in [0.2, 0.25) is 11.8 Å². The topological polar surface area (TPSA) is 81.4 Å². The van der Waals surface area contributed by atoms with Crippen molar-refractivity contribution in [3.8, 4) is 0 Å². The summed E-state index contributed by atoms with van der Waals surface area (Å²) in [6.45, 7) is 2.03. The van der Waals surface area contributed by atoms with Crippen molar-refractivity contribution in [2.75, 3.05) is 19.8 Å². The number of carbonyl (C=O) groups excluding carboxylic acids is 2. The maximum atomic E-state index is 10.6. The van der Waals surface area contributed by atoms with Crippen molar-refractivity contribution in [3.05, 3.63) is 0 Å². The largest absolute Gasteiger partial charge is 0.368 e. The third kappa shape index (κ3) is 6.79. The van der Waals surface area contributed by atoms with Crippen LogP contribution in [0.1, 0.15) is 6.92 Å². The molecule has 0 aromatic heterocycles. The molecule has 0 saturated carbocycles. The average Bonchev–Trinajstić information content (AvgIpc) is 1.87. The lowest BCUT2D eigenvalue weighted by molar-refractivity contribution is -0.129. The molecule has 0 rings (SSSR count). The normalized spacial score (nSPS) is 9.18. The van der Waals surface area contributed by atoms with Crippen LogP contribution in [0.3, 0.4) is 0 Å². The van der Waals surface area contributed by atoms with Gasteiger partial charge in [0.05, 0.1) is 0 Å². The summed E-state index contributed by atoms with van der Waals surface area (Å²) in [4.78, 5) is 20.7. The number of ether oxygens (including phenoxy) is 1. The van der Waals surface area contributed by atoms with E-state index in [9.17, 15) is 9.59 Å². The second-order valence-electron chi connectivity index (χ2n) is 1.91. The lowest BCUT2D eigenvalue weighted by Gasteiger charge is -2.00. The van der Waals surface area contributed by atoms with Crippen molar-refractivity contribution in [1.29, 1.82) is 0 Å². The highest BCUT2D eigenvalue weighted by atomic mass is 16.5. The zero-order valence-electron chi connectivity index (χ0n) is 6.42. The first kappa shape index (κ1) is 9.90. The molecule has 3 N–H and O–H groups in total. The number of amides is 2. The molecule has 0 aliphatic heterocycles. The van der Waals surface area contributed by atoms with E-state index >= 15 is 0 Å². The van der Waals surface area contributed by atoms with E-state index in [-0.39, 0.29) is 19.1 Å². The van der Waals surface area contributed by atoms with Crippen molar-refractivity contribution in [1.82, 2.24) is 5.32 Å². The Balaban J connectivity index is 3.24. The molecule has 0 radical (unpaired) electrons. The Morgan fingerprint density at radius 1 is 1.45 bits per heavy atom. The quantitative estimate of drug-likeness (QED) is 0.520. The molecule has 2 amide bonds. The molecule has 0 aliphatic carbocycles. The van der Waals surface area contributed by atoms with Gasteiger partial charge < -0.3 is 15.8 Å². The lowest BCUT2D eigenvalue weighted by atomic mass is 10.6. The summed E-state index contributed by atoms with van der Waals surface area (Å²) in [6.07, 6.45) is 0. The fourth-order valence-electron chi connectivity index (χ4n) is 0.493. The van der Waals surface area contributed by atoms with E-state index in [4.69, 9.17) is 5.73 Å².